The van der Waals surface area contributed by atoms with Gasteiger partial charge in [0.1, 0.15) is 0 Å². The zero-order chi connectivity index (χ0) is 9.50. The van der Waals surface area contributed by atoms with Gasteiger partial charge >= 0.3 is 0 Å². The van der Waals surface area contributed by atoms with Crippen LogP contribution in [0.4, 0.5) is 8.78 Å². The van der Waals surface area contributed by atoms with Crippen molar-refractivity contribution in [3.63, 3.8) is 0 Å². The Balaban J connectivity index is 4.75. The molecule has 68 valence electrons. The van der Waals surface area contributed by atoms with Gasteiger partial charge in [0.25, 0.3) is 5.92 Å². The smallest absolute Gasteiger partial charge is 0.207 e. The Morgan fingerprint density at radius 3 is 1.00 bits per heavy atom. The van der Waals surface area contributed by atoms with Gasteiger partial charge in [-0.05, 0) is 12.3 Å². The van der Waals surface area contributed by atoms with E-state index in [9.17, 15) is 8.78 Å². The van der Waals surface area contributed by atoms with E-state index in [-0.39, 0.29) is 5.41 Å². The largest absolute Gasteiger partial charge is 0.250 e. The van der Waals surface area contributed by atoms with Crippen LogP contribution in [0.1, 0.15) is 41.5 Å². The second-order valence-electron chi connectivity index (χ2n) is 4.76. The third-order valence-corrected chi connectivity index (χ3v) is 2.97. The first kappa shape index (κ1) is 10.9. The first-order valence-electron chi connectivity index (χ1n) is 3.88. The third-order valence-electron chi connectivity index (χ3n) is 2.97. The molecule has 0 atom stereocenters. The van der Waals surface area contributed by atoms with Crippen LogP contribution < -0.4 is 0 Å². The third kappa shape index (κ3) is 1.91. The van der Waals surface area contributed by atoms with E-state index in [1.165, 1.54) is 0 Å². The van der Waals surface area contributed by atoms with E-state index < -0.39 is 11.3 Å². The average molecular weight is 164 g/mol. The van der Waals surface area contributed by atoms with Crippen LogP contribution in [0.2, 0.25) is 0 Å². The van der Waals surface area contributed by atoms with Crippen LogP contribution in [-0.4, -0.2) is 5.92 Å². The van der Waals surface area contributed by atoms with Crippen molar-refractivity contribution >= 4 is 0 Å². The summed E-state index contributed by atoms with van der Waals surface area (Å²) < 4.78 is 26.0. The molecule has 0 spiro atoms. The van der Waals surface area contributed by atoms with E-state index in [4.69, 9.17) is 0 Å². The van der Waals surface area contributed by atoms with E-state index in [0.29, 0.717) is 0 Å². The molecule has 0 aliphatic heterocycles. The van der Waals surface area contributed by atoms with Crippen LogP contribution in [0.15, 0.2) is 0 Å². The molecule has 0 nitrogen and oxygen atoms in total. The molecule has 0 aromatic rings. The summed E-state index contributed by atoms with van der Waals surface area (Å²) in [4.78, 5) is 0. The Kier molecular flexibility index (Phi) is 2.40. The first-order valence-corrected chi connectivity index (χ1v) is 3.88. The van der Waals surface area contributed by atoms with Crippen molar-refractivity contribution in [2.45, 2.75) is 47.5 Å². The highest BCUT2D eigenvalue weighted by atomic mass is 19.3. The first-order chi connectivity index (χ1) is 4.50. The molecular formula is C9H18F2. The van der Waals surface area contributed by atoms with Crippen molar-refractivity contribution in [3.8, 4) is 0 Å². The van der Waals surface area contributed by atoms with Crippen molar-refractivity contribution in [2.75, 3.05) is 0 Å². The molecule has 0 aromatic heterocycles. The minimum absolute atomic E-state index is 0.370. The SMILES string of the molecule is CC(C)(C)C(C)(C)C(C)(F)F. The van der Waals surface area contributed by atoms with Crippen LogP contribution in [-0.2, 0) is 0 Å². The van der Waals surface area contributed by atoms with Crippen LogP contribution in [0, 0.1) is 10.8 Å². The fraction of sp³-hybridized carbons (Fsp3) is 1.00. The minimum Gasteiger partial charge on any atom is -0.207 e. The van der Waals surface area contributed by atoms with Gasteiger partial charge in [0.05, 0.1) is 0 Å². The Hall–Kier alpha value is -0.140. The Morgan fingerprint density at radius 2 is 1.00 bits per heavy atom. The van der Waals surface area contributed by atoms with Crippen LogP contribution in [0.5, 0.6) is 0 Å². The molecule has 0 unspecified atom stereocenters. The highest BCUT2D eigenvalue weighted by molar-refractivity contribution is 4.91. The highest BCUT2D eigenvalue weighted by Gasteiger charge is 2.49. The Bertz CT molecular complexity index is 119. The van der Waals surface area contributed by atoms with Crippen molar-refractivity contribution in [1.82, 2.24) is 0 Å². The lowest BCUT2D eigenvalue weighted by atomic mass is 9.66. The number of hydrogen-bond donors (Lipinski definition) is 0. The molecule has 0 aliphatic carbocycles. The van der Waals surface area contributed by atoms with Gasteiger partial charge in [-0.15, -0.1) is 0 Å². The predicted molar refractivity (Wildman–Crippen MR) is 43.9 cm³/mol. The zero-order valence-corrected chi connectivity index (χ0v) is 8.26. The van der Waals surface area contributed by atoms with Gasteiger partial charge in [-0.1, -0.05) is 34.6 Å². The number of halogens is 2. The quantitative estimate of drug-likeness (QED) is 0.554. The van der Waals surface area contributed by atoms with Crippen LogP contribution >= 0.6 is 0 Å². The molecule has 0 aromatic carbocycles. The second kappa shape index (κ2) is 2.43. The van der Waals surface area contributed by atoms with Gasteiger partial charge in [-0.25, -0.2) is 8.78 Å². The lowest BCUT2D eigenvalue weighted by molar-refractivity contribution is -0.139. The van der Waals surface area contributed by atoms with E-state index in [1.807, 2.05) is 20.8 Å². The second-order valence-corrected chi connectivity index (χ2v) is 4.76. The fourth-order valence-electron chi connectivity index (χ4n) is 0.658. The number of rotatable bonds is 1. The summed E-state index contributed by atoms with van der Waals surface area (Å²) in [5, 5.41) is 0. The van der Waals surface area contributed by atoms with Crippen LogP contribution in [0.3, 0.4) is 0 Å². The maximum atomic E-state index is 13.0. The van der Waals surface area contributed by atoms with Crippen molar-refractivity contribution in [3.05, 3.63) is 0 Å². The Labute approximate surface area is 68.0 Å². The molecule has 0 radical (unpaired) electrons. The van der Waals surface area contributed by atoms with Crippen molar-refractivity contribution in [2.24, 2.45) is 10.8 Å². The summed E-state index contributed by atoms with van der Waals surface area (Å²) in [6.45, 7) is 9.71. The maximum Gasteiger partial charge on any atom is 0.250 e. The van der Waals surface area contributed by atoms with E-state index in [0.717, 1.165) is 6.92 Å². The number of alkyl halides is 2. The lowest BCUT2D eigenvalue weighted by Gasteiger charge is -2.43. The lowest BCUT2D eigenvalue weighted by Crippen LogP contribution is -2.43. The standard InChI is InChI=1S/C9H18F2/c1-7(2,3)8(4,5)9(6,10)11/h1-6H3. The van der Waals surface area contributed by atoms with Crippen LogP contribution in [0.25, 0.3) is 0 Å². The summed E-state index contributed by atoms with van der Waals surface area (Å²) in [5.41, 5.74) is -1.33. The number of hydrogen-bond acceptors (Lipinski definition) is 0. The minimum atomic E-state index is -2.62. The van der Waals surface area contributed by atoms with Gasteiger partial charge in [0.2, 0.25) is 0 Å². The van der Waals surface area contributed by atoms with Gasteiger partial charge in [-0.2, -0.15) is 0 Å². The summed E-state index contributed by atoms with van der Waals surface area (Å²) in [5.74, 6) is -2.62. The highest BCUT2D eigenvalue weighted by Crippen LogP contribution is 2.48. The molecule has 0 bridgehead atoms. The normalized spacial score (nSPS) is 15.3. The topological polar surface area (TPSA) is 0 Å². The van der Waals surface area contributed by atoms with Gasteiger partial charge in [-0.3, -0.25) is 0 Å². The molecule has 0 saturated carbocycles. The molecule has 0 saturated heterocycles. The summed E-state index contributed by atoms with van der Waals surface area (Å²) in [7, 11) is 0. The summed E-state index contributed by atoms with van der Waals surface area (Å²) in [6, 6.07) is 0. The fourth-order valence-corrected chi connectivity index (χ4v) is 0.658. The Morgan fingerprint density at radius 1 is 0.727 bits per heavy atom. The van der Waals surface area contributed by atoms with Gasteiger partial charge < -0.3 is 0 Å². The van der Waals surface area contributed by atoms with Gasteiger partial charge in [0.15, 0.2) is 0 Å². The molecular weight excluding hydrogens is 146 g/mol. The molecule has 0 heterocycles. The zero-order valence-electron chi connectivity index (χ0n) is 8.26. The molecule has 2 heteroatoms. The van der Waals surface area contributed by atoms with Crippen molar-refractivity contribution < 1.29 is 8.78 Å². The van der Waals surface area contributed by atoms with Crippen molar-refractivity contribution in [1.29, 1.82) is 0 Å². The average Bonchev–Trinajstić information content (AvgIpc) is 1.58. The molecule has 0 rings (SSSR count). The molecule has 11 heavy (non-hydrogen) atoms. The van der Waals surface area contributed by atoms with E-state index in [2.05, 4.69) is 0 Å². The van der Waals surface area contributed by atoms with E-state index >= 15 is 0 Å². The summed E-state index contributed by atoms with van der Waals surface area (Å²) >= 11 is 0. The van der Waals surface area contributed by atoms with Gasteiger partial charge in [0, 0.05) is 5.41 Å². The monoisotopic (exact) mass is 164 g/mol. The summed E-state index contributed by atoms with van der Waals surface area (Å²) in [6.07, 6.45) is 0. The molecule has 0 amide bonds. The molecule has 0 fully saturated rings. The maximum absolute atomic E-state index is 13.0. The molecule has 0 N–H and O–H groups in total. The molecule has 0 aliphatic rings. The van der Waals surface area contributed by atoms with E-state index in [1.54, 1.807) is 13.8 Å². The predicted octanol–water partition coefficient (Wildman–Crippen LogP) is 3.71.